The molecule has 82 valence electrons. The zero-order valence-electron chi connectivity index (χ0n) is 8.08. The molecule has 0 spiro atoms. The Balaban J connectivity index is 2.53. The van der Waals surface area contributed by atoms with E-state index in [4.69, 9.17) is 11.6 Å². The van der Waals surface area contributed by atoms with Crippen molar-refractivity contribution in [2.24, 2.45) is 0 Å². The average molecular weight is 248 g/mol. The molecule has 4 nitrogen and oxygen atoms in total. The van der Waals surface area contributed by atoms with Crippen LogP contribution in [0.4, 0.5) is 0 Å². The Morgan fingerprint density at radius 1 is 1.53 bits per heavy atom. The predicted octanol–water partition coefficient (Wildman–Crippen LogP) is 1.39. The number of ether oxygens (including phenoxy) is 1. The van der Waals surface area contributed by atoms with Gasteiger partial charge in [-0.25, -0.2) is 4.79 Å². The lowest BCUT2D eigenvalue weighted by Gasteiger charge is -1.98. The highest BCUT2D eigenvalue weighted by molar-refractivity contribution is 7.13. The first-order valence-corrected chi connectivity index (χ1v) is 5.52. The largest absolute Gasteiger partial charge is 0.465 e. The summed E-state index contributed by atoms with van der Waals surface area (Å²) in [5.74, 6) is -0.658. The Morgan fingerprint density at radius 2 is 2.27 bits per heavy atom. The number of thiophene rings is 1. The summed E-state index contributed by atoms with van der Waals surface area (Å²) in [6, 6.07) is 3.43. The van der Waals surface area contributed by atoms with E-state index in [9.17, 15) is 9.59 Å². The first kappa shape index (κ1) is 12.0. The molecular formula is C9H10ClNO3S. The fourth-order valence-electron chi connectivity index (χ4n) is 0.916. The van der Waals surface area contributed by atoms with E-state index >= 15 is 0 Å². The molecule has 1 amide bonds. The number of halogens is 1. The minimum atomic E-state index is -0.366. The van der Waals surface area contributed by atoms with Gasteiger partial charge in [-0.05, 0) is 12.1 Å². The molecule has 6 heteroatoms. The summed E-state index contributed by atoms with van der Waals surface area (Å²) >= 11 is 6.60. The van der Waals surface area contributed by atoms with Crippen molar-refractivity contribution in [3.8, 4) is 0 Å². The van der Waals surface area contributed by atoms with Crippen LogP contribution in [-0.4, -0.2) is 24.9 Å². The van der Waals surface area contributed by atoms with E-state index in [1.54, 1.807) is 12.1 Å². The second-order valence-electron chi connectivity index (χ2n) is 2.67. The molecule has 0 aliphatic heterocycles. The molecule has 1 N–H and O–H groups in total. The molecule has 0 radical (unpaired) electrons. The molecule has 0 saturated carbocycles. The van der Waals surface area contributed by atoms with Gasteiger partial charge in [0.05, 0.1) is 13.7 Å². The normalized spacial score (nSPS) is 9.73. The molecule has 1 aromatic rings. The van der Waals surface area contributed by atoms with Gasteiger partial charge < -0.3 is 10.1 Å². The van der Waals surface area contributed by atoms with Crippen LogP contribution in [0.1, 0.15) is 14.5 Å². The molecule has 1 aromatic heterocycles. The fourth-order valence-corrected chi connectivity index (χ4v) is 1.88. The Kier molecular flexibility index (Phi) is 4.58. The fraction of sp³-hybridized carbons (Fsp3) is 0.333. The lowest BCUT2D eigenvalue weighted by atomic mass is 10.4. The lowest BCUT2D eigenvalue weighted by molar-refractivity contribution is -0.118. The number of methoxy groups -OCH3 is 1. The first-order valence-electron chi connectivity index (χ1n) is 4.17. The van der Waals surface area contributed by atoms with Crippen molar-refractivity contribution in [2.75, 3.05) is 13.0 Å². The summed E-state index contributed by atoms with van der Waals surface area (Å²) in [6.45, 7) is 0.382. The number of esters is 1. The smallest absolute Gasteiger partial charge is 0.348 e. The Morgan fingerprint density at radius 3 is 2.87 bits per heavy atom. The standard InChI is InChI=1S/C9H10ClNO3S/c1-14-9(13)7-3-2-6(15-7)5-11-8(12)4-10/h2-3H,4-5H2,1H3,(H,11,12). The number of alkyl halides is 1. The van der Waals surface area contributed by atoms with Crippen molar-refractivity contribution in [1.29, 1.82) is 0 Å². The third kappa shape index (κ3) is 3.53. The number of carbonyl (C=O) groups excluding carboxylic acids is 2. The highest BCUT2D eigenvalue weighted by Gasteiger charge is 2.09. The third-order valence-corrected chi connectivity index (χ3v) is 2.94. The van der Waals surface area contributed by atoms with E-state index in [0.29, 0.717) is 11.4 Å². The van der Waals surface area contributed by atoms with Gasteiger partial charge in [-0.15, -0.1) is 22.9 Å². The number of rotatable bonds is 4. The third-order valence-electron chi connectivity index (χ3n) is 1.63. The van der Waals surface area contributed by atoms with E-state index in [1.807, 2.05) is 0 Å². The molecule has 0 unspecified atom stereocenters. The van der Waals surface area contributed by atoms with Gasteiger partial charge in [-0.3, -0.25) is 4.79 Å². The Labute approximate surface area is 96.2 Å². The van der Waals surface area contributed by atoms with E-state index in [1.165, 1.54) is 18.4 Å². The summed E-state index contributed by atoms with van der Waals surface area (Å²) < 4.78 is 4.56. The summed E-state index contributed by atoms with van der Waals surface area (Å²) in [7, 11) is 1.33. The van der Waals surface area contributed by atoms with Gasteiger partial charge in [0.25, 0.3) is 0 Å². The van der Waals surface area contributed by atoms with Crippen LogP contribution < -0.4 is 5.32 Å². The minimum absolute atomic E-state index is 0.0603. The van der Waals surface area contributed by atoms with Crippen LogP contribution >= 0.6 is 22.9 Å². The van der Waals surface area contributed by atoms with Crippen LogP contribution in [0.15, 0.2) is 12.1 Å². The summed E-state index contributed by atoms with van der Waals surface area (Å²) in [4.78, 5) is 23.4. The highest BCUT2D eigenvalue weighted by Crippen LogP contribution is 2.16. The molecule has 1 heterocycles. The quantitative estimate of drug-likeness (QED) is 0.646. The van der Waals surface area contributed by atoms with Gasteiger partial charge in [0.1, 0.15) is 10.8 Å². The first-order chi connectivity index (χ1) is 7.17. The van der Waals surface area contributed by atoms with Gasteiger partial charge >= 0.3 is 5.97 Å². The zero-order chi connectivity index (χ0) is 11.3. The molecule has 15 heavy (non-hydrogen) atoms. The molecule has 0 bridgehead atoms. The van der Waals surface area contributed by atoms with E-state index in [0.717, 1.165) is 4.88 Å². The monoisotopic (exact) mass is 247 g/mol. The van der Waals surface area contributed by atoms with Gasteiger partial charge in [-0.1, -0.05) is 0 Å². The van der Waals surface area contributed by atoms with Crippen LogP contribution in [0.2, 0.25) is 0 Å². The molecular weight excluding hydrogens is 238 g/mol. The minimum Gasteiger partial charge on any atom is -0.465 e. The number of nitrogens with one attached hydrogen (secondary N) is 1. The molecule has 0 saturated heterocycles. The topological polar surface area (TPSA) is 55.4 Å². The van der Waals surface area contributed by atoms with Crippen molar-refractivity contribution >= 4 is 34.8 Å². The number of hydrogen-bond acceptors (Lipinski definition) is 4. The van der Waals surface area contributed by atoms with Gasteiger partial charge in [0.2, 0.25) is 5.91 Å². The van der Waals surface area contributed by atoms with Crippen LogP contribution in [-0.2, 0) is 16.1 Å². The molecule has 1 rings (SSSR count). The number of hydrogen-bond donors (Lipinski definition) is 1. The molecule has 0 aromatic carbocycles. The van der Waals surface area contributed by atoms with Gasteiger partial charge in [0.15, 0.2) is 0 Å². The van der Waals surface area contributed by atoms with Crippen LogP contribution in [0.25, 0.3) is 0 Å². The molecule has 0 atom stereocenters. The Bertz CT molecular complexity index is 364. The van der Waals surface area contributed by atoms with Crippen molar-refractivity contribution in [3.63, 3.8) is 0 Å². The summed E-state index contributed by atoms with van der Waals surface area (Å²) in [5.41, 5.74) is 0. The maximum atomic E-state index is 11.1. The second-order valence-corrected chi connectivity index (χ2v) is 4.10. The zero-order valence-corrected chi connectivity index (χ0v) is 9.65. The number of carbonyl (C=O) groups is 2. The predicted molar refractivity (Wildman–Crippen MR) is 58.2 cm³/mol. The SMILES string of the molecule is COC(=O)c1ccc(CNC(=O)CCl)s1. The molecule has 0 aliphatic carbocycles. The summed E-state index contributed by atoms with van der Waals surface area (Å²) in [5, 5.41) is 2.61. The molecule has 0 aliphatic rings. The van der Waals surface area contributed by atoms with Gasteiger partial charge in [-0.2, -0.15) is 0 Å². The lowest BCUT2D eigenvalue weighted by Crippen LogP contribution is -2.23. The average Bonchev–Trinajstić information content (AvgIpc) is 2.73. The van der Waals surface area contributed by atoms with E-state index in [2.05, 4.69) is 10.1 Å². The van der Waals surface area contributed by atoms with Crippen molar-refractivity contribution in [1.82, 2.24) is 5.32 Å². The van der Waals surface area contributed by atoms with Crippen molar-refractivity contribution in [2.45, 2.75) is 6.54 Å². The maximum Gasteiger partial charge on any atom is 0.348 e. The van der Waals surface area contributed by atoms with Gasteiger partial charge in [0, 0.05) is 4.88 Å². The van der Waals surface area contributed by atoms with E-state index in [-0.39, 0.29) is 17.8 Å². The highest BCUT2D eigenvalue weighted by atomic mass is 35.5. The maximum absolute atomic E-state index is 11.1. The molecule has 0 fully saturated rings. The Hall–Kier alpha value is -1.07. The second kappa shape index (κ2) is 5.72. The van der Waals surface area contributed by atoms with Crippen LogP contribution in [0.5, 0.6) is 0 Å². The summed E-state index contributed by atoms with van der Waals surface area (Å²) in [6.07, 6.45) is 0. The van der Waals surface area contributed by atoms with Crippen molar-refractivity contribution in [3.05, 3.63) is 21.9 Å². The van der Waals surface area contributed by atoms with Crippen LogP contribution in [0.3, 0.4) is 0 Å². The van der Waals surface area contributed by atoms with Crippen LogP contribution in [0, 0.1) is 0 Å². The van der Waals surface area contributed by atoms with E-state index < -0.39 is 0 Å². The van der Waals surface area contributed by atoms with Crippen molar-refractivity contribution < 1.29 is 14.3 Å². The number of amides is 1.